The Morgan fingerprint density at radius 2 is 2.00 bits per heavy atom. The SMILES string of the molecule is CC1(C(=O)Nc2ccc(S(=O)(=O)Nc3nccs3)cc2)CC(=O)N=C2C=CC=CN21. The third-order valence-corrected chi connectivity index (χ3v) is 6.84. The van der Waals surface area contributed by atoms with Crippen molar-refractivity contribution in [2.75, 3.05) is 10.0 Å². The van der Waals surface area contributed by atoms with E-state index < -0.39 is 21.5 Å². The molecule has 0 radical (unpaired) electrons. The quantitative estimate of drug-likeness (QED) is 0.732. The number of amides is 2. The lowest BCUT2D eigenvalue weighted by Gasteiger charge is -2.41. The molecule has 0 saturated heterocycles. The number of hydrogen-bond acceptors (Lipinski definition) is 7. The van der Waals surface area contributed by atoms with E-state index in [-0.39, 0.29) is 22.4 Å². The Morgan fingerprint density at radius 3 is 2.70 bits per heavy atom. The van der Waals surface area contributed by atoms with Crippen LogP contribution in [-0.2, 0) is 19.6 Å². The highest BCUT2D eigenvalue weighted by molar-refractivity contribution is 7.93. The molecule has 0 bridgehead atoms. The monoisotopic (exact) mass is 443 g/mol. The maximum atomic E-state index is 13.0. The number of hydrogen-bond donors (Lipinski definition) is 2. The average Bonchev–Trinajstić information content (AvgIpc) is 3.20. The first kappa shape index (κ1) is 20.0. The fraction of sp³-hybridized carbons (Fsp3) is 0.158. The van der Waals surface area contributed by atoms with E-state index in [0.29, 0.717) is 11.5 Å². The van der Waals surface area contributed by atoms with Crippen molar-refractivity contribution in [1.29, 1.82) is 0 Å². The van der Waals surface area contributed by atoms with Crippen molar-refractivity contribution in [3.63, 3.8) is 0 Å². The van der Waals surface area contributed by atoms with Crippen molar-refractivity contribution in [1.82, 2.24) is 9.88 Å². The summed E-state index contributed by atoms with van der Waals surface area (Å²) in [6.45, 7) is 1.66. The van der Waals surface area contributed by atoms with Crippen LogP contribution in [0.4, 0.5) is 10.8 Å². The zero-order chi connectivity index (χ0) is 21.4. The van der Waals surface area contributed by atoms with E-state index in [1.807, 2.05) is 0 Å². The summed E-state index contributed by atoms with van der Waals surface area (Å²) in [5.74, 6) is -0.380. The molecular formula is C19H17N5O4S2. The van der Waals surface area contributed by atoms with E-state index >= 15 is 0 Å². The number of anilines is 2. The minimum Gasteiger partial charge on any atom is -0.324 e. The van der Waals surface area contributed by atoms with Crippen molar-refractivity contribution in [2.45, 2.75) is 23.8 Å². The number of amidine groups is 1. The second kappa shape index (κ2) is 7.50. The Labute approximate surface area is 176 Å². The Morgan fingerprint density at radius 1 is 1.23 bits per heavy atom. The Bertz CT molecular complexity index is 1180. The second-order valence-electron chi connectivity index (χ2n) is 6.81. The van der Waals surface area contributed by atoms with E-state index in [0.717, 1.165) is 0 Å². The van der Waals surface area contributed by atoms with Gasteiger partial charge in [-0.2, -0.15) is 4.99 Å². The highest BCUT2D eigenvalue weighted by atomic mass is 32.2. The van der Waals surface area contributed by atoms with Gasteiger partial charge in [-0.05, 0) is 43.3 Å². The molecule has 2 amide bonds. The molecule has 2 N–H and O–H groups in total. The van der Waals surface area contributed by atoms with Crippen molar-refractivity contribution >= 4 is 49.8 Å². The predicted octanol–water partition coefficient (Wildman–Crippen LogP) is 2.36. The topological polar surface area (TPSA) is 121 Å². The van der Waals surface area contributed by atoms with E-state index in [1.54, 1.807) is 41.6 Å². The van der Waals surface area contributed by atoms with Gasteiger partial charge >= 0.3 is 0 Å². The fourth-order valence-corrected chi connectivity index (χ4v) is 4.90. The van der Waals surface area contributed by atoms with Gasteiger partial charge in [0.1, 0.15) is 11.4 Å². The Kier molecular flexibility index (Phi) is 5.00. The van der Waals surface area contributed by atoms with Crippen LogP contribution in [0.25, 0.3) is 0 Å². The van der Waals surface area contributed by atoms with Crippen molar-refractivity contribution in [3.8, 4) is 0 Å². The molecule has 9 nitrogen and oxygen atoms in total. The molecule has 11 heteroatoms. The van der Waals surface area contributed by atoms with Gasteiger partial charge < -0.3 is 10.2 Å². The lowest BCUT2D eigenvalue weighted by molar-refractivity contribution is -0.130. The molecular weight excluding hydrogens is 426 g/mol. The van der Waals surface area contributed by atoms with Gasteiger partial charge in [-0.25, -0.2) is 13.4 Å². The highest BCUT2D eigenvalue weighted by Gasteiger charge is 2.45. The van der Waals surface area contributed by atoms with Crippen LogP contribution in [0.3, 0.4) is 0 Å². The van der Waals surface area contributed by atoms with E-state index in [2.05, 4.69) is 20.0 Å². The summed E-state index contributed by atoms with van der Waals surface area (Å²) in [7, 11) is -3.78. The smallest absolute Gasteiger partial charge is 0.263 e. The van der Waals surface area contributed by atoms with Gasteiger partial charge in [0.15, 0.2) is 5.13 Å². The van der Waals surface area contributed by atoms with Crippen LogP contribution in [0.1, 0.15) is 13.3 Å². The molecule has 30 heavy (non-hydrogen) atoms. The zero-order valence-corrected chi connectivity index (χ0v) is 17.4. The molecule has 154 valence electrons. The van der Waals surface area contributed by atoms with Crippen molar-refractivity contribution in [2.24, 2.45) is 4.99 Å². The minimum atomic E-state index is -3.78. The van der Waals surface area contributed by atoms with Crippen LogP contribution in [0.15, 0.2) is 70.2 Å². The fourth-order valence-electron chi connectivity index (χ4n) is 3.11. The number of benzene rings is 1. The number of nitrogens with zero attached hydrogens (tertiary/aromatic N) is 3. The maximum Gasteiger partial charge on any atom is 0.263 e. The van der Waals surface area contributed by atoms with Gasteiger partial charge in [0.05, 0.1) is 11.3 Å². The van der Waals surface area contributed by atoms with Gasteiger partial charge in [-0.15, -0.1) is 11.3 Å². The van der Waals surface area contributed by atoms with Gasteiger partial charge in [0, 0.05) is 23.5 Å². The van der Waals surface area contributed by atoms with Crippen LogP contribution >= 0.6 is 11.3 Å². The lowest BCUT2D eigenvalue weighted by atomic mass is 9.91. The molecule has 0 fully saturated rings. The number of rotatable bonds is 5. The van der Waals surface area contributed by atoms with Crippen LogP contribution in [0.2, 0.25) is 0 Å². The van der Waals surface area contributed by atoms with Crippen molar-refractivity contribution < 1.29 is 18.0 Å². The Balaban J connectivity index is 1.51. The maximum absolute atomic E-state index is 13.0. The number of aromatic nitrogens is 1. The summed E-state index contributed by atoms with van der Waals surface area (Å²) in [4.78, 5) is 34.6. The number of carbonyl (C=O) groups is 2. The number of thiazole rings is 1. The molecule has 2 aliphatic rings. The van der Waals surface area contributed by atoms with Crippen LogP contribution in [-0.4, -0.2) is 41.5 Å². The van der Waals surface area contributed by atoms with Gasteiger partial charge in [0.2, 0.25) is 0 Å². The molecule has 4 rings (SSSR count). The van der Waals surface area contributed by atoms with Gasteiger partial charge in [-0.1, -0.05) is 6.08 Å². The van der Waals surface area contributed by atoms with Crippen LogP contribution in [0, 0.1) is 0 Å². The first-order chi connectivity index (χ1) is 14.3. The second-order valence-corrected chi connectivity index (χ2v) is 9.38. The Hall–Kier alpha value is -3.31. The summed E-state index contributed by atoms with van der Waals surface area (Å²) in [5, 5.41) is 4.69. The van der Waals surface area contributed by atoms with Gasteiger partial charge in [0.25, 0.3) is 21.8 Å². The first-order valence-corrected chi connectivity index (χ1v) is 11.2. The van der Waals surface area contributed by atoms with E-state index in [9.17, 15) is 18.0 Å². The zero-order valence-electron chi connectivity index (χ0n) is 15.8. The third kappa shape index (κ3) is 3.76. The summed E-state index contributed by atoms with van der Waals surface area (Å²) in [6, 6.07) is 5.75. The minimum absolute atomic E-state index is 0.0354. The normalized spacial score (nSPS) is 20.5. The third-order valence-electron chi connectivity index (χ3n) is 4.67. The number of sulfonamides is 1. The summed E-state index contributed by atoms with van der Waals surface area (Å²) in [5.41, 5.74) is -0.755. The lowest BCUT2D eigenvalue weighted by Crippen LogP contribution is -2.58. The molecule has 3 heterocycles. The number of aliphatic imine (C=N–C) groups is 1. The molecule has 2 aromatic rings. The number of fused-ring (bicyclic) bond motifs is 1. The standard InChI is InChI=1S/C19H17N5O4S2/c1-19(12-16(25)22-15-4-2-3-10-24(15)19)17(26)21-13-5-7-14(8-6-13)30(27,28)23-18-20-9-11-29-18/h2-11H,12H2,1H3,(H,20,23)(H,21,26). The molecule has 0 aliphatic carbocycles. The number of carbonyl (C=O) groups excluding carboxylic acids is 2. The van der Waals surface area contributed by atoms with Crippen LogP contribution in [0.5, 0.6) is 0 Å². The number of allylic oxidation sites excluding steroid dienone is 2. The molecule has 1 atom stereocenters. The summed E-state index contributed by atoms with van der Waals surface area (Å²) >= 11 is 1.17. The van der Waals surface area contributed by atoms with E-state index in [4.69, 9.17) is 0 Å². The summed E-state index contributed by atoms with van der Waals surface area (Å²) in [6.07, 6.45) is 8.29. The first-order valence-electron chi connectivity index (χ1n) is 8.87. The van der Waals surface area contributed by atoms with Gasteiger partial charge in [-0.3, -0.25) is 14.3 Å². The van der Waals surface area contributed by atoms with E-state index in [1.165, 1.54) is 41.8 Å². The largest absolute Gasteiger partial charge is 0.324 e. The predicted molar refractivity (Wildman–Crippen MR) is 114 cm³/mol. The molecule has 1 aromatic heterocycles. The van der Waals surface area contributed by atoms with Crippen molar-refractivity contribution in [3.05, 3.63) is 60.3 Å². The highest BCUT2D eigenvalue weighted by Crippen LogP contribution is 2.29. The molecule has 0 spiro atoms. The molecule has 2 aliphatic heterocycles. The number of nitrogens with one attached hydrogen (secondary N) is 2. The molecule has 0 saturated carbocycles. The molecule has 1 aromatic carbocycles. The van der Waals surface area contributed by atoms with Crippen LogP contribution < -0.4 is 10.0 Å². The molecule has 1 unspecified atom stereocenters. The summed E-state index contributed by atoms with van der Waals surface area (Å²) < 4.78 is 27.2. The average molecular weight is 444 g/mol.